The monoisotopic (exact) mass is 330 g/mol. The number of aryl methyl sites for hydroxylation is 1. The summed E-state index contributed by atoms with van der Waals surface area (Å²) in [4.78, 5) is 8.79. The summed E-state index contributed by atoms with van der Waals surface area (Å²) in [6.07, 6.45) is 3.38. The summed E-state index contributed by atoms with van der Waals surface area (Å²) in [5.41, 5.74) is 4.57. The fourth-order valence-corrected chi connectivity index (χ4v) is 2.89. The van der Waals surface area contributed by atoms with E-state index in [0.29, 0.717) is 5.65 Å². The van der Waals surface area contributed by atoms with Crippen LogP contribution in [-0.4, -0.2) is 30.4 Å². The van der Waals surface area contributed by atoms with E-state index in [1.54, 1.807) is 6.20 Å². The van der Waals surface area contributed by atoms with Gasteiger partial charge in [0.2, 0.25) is 0 Å². The second kappa shape index (κ2) is 6.47. The third-order valence-corrected chi connectivity index (χ3v) is 4.31. The molecule has 1 atom stereocenters. The lowest BCUT2D eigenvalue weighted by molar-refractivity contribution is 0.715. The topological polar surface area (TPSA) is 77.3 Å². The zero-order chi connectivity index (χ0) is 17.2. The van der Waals surface area contributed by atoms with Crippen molar-refractivity contribution in [2.45, 2.75) is 32.6 Å². The zero-order valence-electron chi connectivity index (χ0n) is 14.2. The highest BCUT2D eigenvalue weighted by atomic mass is 15.1. The second-order valence-electron chi connectivity index (χ2n) is 6.20. The van der Waals surface area contributed by atoms with Gasteiger partial charge in [-0.2, -0.15) is 5.10 Å². The Labute approximate surface area is 145 Å². The fraction of sp³-hybridized carbons (Fsp3) is 0.263. The molecule has 0 radical (unpaired) electrons. The molecule has 0 aliphatic carbocycles. The number of pyridine rings is 1. The van der Waals surface area contributed by atoms with Gasteiger partial charge in [-0.05, 0) is 42.3 Å². The van der Waals surface area contributed by atoms with E-state index in [4.69, 9.17) is 0 Å². The number of fused-ring (bicyclic) bond motifs is 2. The Morgan fingerprint density at radius 3 is 2.76 bits per heavy atom. The normalized spacial score (nSPS) is 12.6. The fourth-order valence-electron chi connectivity index (χ4n) is 2.89. The minimum absolute atomic E-state index is 0.245. The molecule has 3 heterocycles. The maximum atomic E-state index is 4.57. The van der Waals surface area contributed by atoms with E-state index in [9.17, 15) is 0 Å². The standard InChI is InChI=1S/C19H18N6/c1-3-18-21-17-10-13(6-7-15(17)22-24-18)9-12(2)16-11-14-5-4-8-20-19(14)25-23-16/h4-8,10-12H,3,9H2,1-2H3. The summed E-state index contributed by atoms with van der Waals surface area (Å²) in [6.45, 7) is 4.19. The lowest BCUT2D eigenvalue weighted by Crippen LogP contribution is -2.04. The van der Waals surface area contributed by atoms with Gasteiger partial charge in [-0.3, -0.25) is 0 Å². The maximum absolute atomic E-state index is 4.57. The minimum Gasteiger partial charge on any atom is -0.235 e. The van der Waals surface area contributed by atoms with Crippen LogP contribution in [0.5, 0.6) is 0 Å². The van der Waals surface area contributed by atoms with Crippen molar-refractivity contribution < 1.29 is 0 Å². The summed E-state index contributed by atoms with van der Waals surface area (Å²) < 4.78 is 0. The van der Waals surface area contributed by atoms with Crippen molar-refractivity contribution in [2.75, 3.05) is 0 Å². The van der Waals surface area contributed by atoms with Gasteiger partial charge in [-0.25, -0.2) is 9.97 Å². The number of benzene rings is 1. The first kappa shape index (κ1) is 15.5. The Morgan fingerprint density at radius 2 is 1.88 bits per heavy atom. The average Bonchev–Trinajstić information content (AvgIpc) is 2.67. The molecule has 1 aromatic carbocycles. The van der Waals surface area contributed by atoms with E-state index in [-0.39, 0.29) is 5.92 Å². The number of hydrogen-bond donors (Lipinski definition) is 0. The van der Waals surface area contributed by atoms with Gasteiger partial charge in [-0.1, -0.05) is 19.9 Å². The van der Waals surface area contributed by atoms with Crippen LogP contribution in [0.1, 0.15) is 36.8 Å². The highest BCUT2D eigenvalue weighted by molar-refractivity contribution is 5.75. The van der Waals surface area contributed by atoms with Gasteiger partial charge in [-0.15, -0.1) is 15.3 Å². The Bertz CT molecular complexity index is 1050. The Morgan fingerprint density at radius 1 is 0.960 bits per heavy atom. The van der Waals surface area contributed by atoms with Gasteiger partial charge in [0, 0.05) is 23.9 Å². The molecule has 6 nitrogen and oxygen atoms in total. The average molecular weight is 330 g/mol. The first-order valence-corrected chi connectivity index (χ1v) is 8.43. The SMILES string of the molecule is CCc1nnc2ccc(CC(C)c3cc4cccnc4nn3)cc2n1. The Hall–Kier alpha value is -3.02. The summed E-state index contributed by atoms with van der Waals surface area (Å²) in [7, 11) is 0. The first-order chi connectivity index (χ1) is 12.2. The molecule has 4 aromatic rings. The third-order valence-electron chi connectivity index (χ3n) is 4.31. The summed E-state index contributed by atoms with van der Waals surface area (Å²) >= 11 is 0. The van der Waals surface area contributed by atoms with Crippen molar-refractivity contribution in [3.63, 3.8) is 0 Å². The van der Waals surface area contributed by atoms with Crippen molar-refractivity contribution in [1.82, 2.24) is 30.4 Å². The van der Waals surface area contributed by atoms with Crippen molar-refractivity contribution in [3.05, 3.63) is 59.7 Å². The van der Waals surface area contributed by atoms with Crippen LogP contribution in [-0.2, 0) is 12.8 Å². The van der Waals surface area contributed by atoms with Crippen molar-refractivity contribution in [1.29, 1.82) is 0 Å². The molecule has 0 saturated heterocycles. The molecule has 0 aliphatic rings. The smallest absolute Gasteiger partial charge is 0.181 e. The predicted octanol–water partition coefficient (Wildman–Crippen LogP) is 3.27. The van der Waals surface area contributed by atoms with Crippen LogP contribution in [0.15, 0.2) is 42.6 Å². The Kier molecular flexibility index (Phi) is 4.01. The van der Waals surface area contributed by atoms with Crippen LogP contribution in [0.2, 0.25) is 0 Å². The van der Waals surface area contributed by atoms with Gasteiger partial charge in [0.05, 0.1) is 11.2 Å². The third kappa shape index (κ3) is 3.15. The lowest BCUT2D eigenvalue weighted by Gasteiger charge is -2.11. The molecule has 0 amide bonds. The summed E-state index contributed by atoms with van der Waals surface area (Å²) in [5.74, 6) is 1.01. The number of aromatic nitrogens is 6. The van der Waals surface area contributed by atoms with Crippen LogP contribution in [0.25, 0.3) is 22.1 Å². The van der Waals surface area contributed by atoms with E-state index in [1.807, 2.05) is 25.1 Å². The number of nitrogens with zero attached hydrogens (tertiary/aromatic N) is 6. The number of rotatable bonds is 4. The minimum atomic E-state index is 0.245. The molecule has 1 unspecified atom stereocenters. The number of hydrogen-bond acceptors (Lipinski definition) is 6. The van der Waals surface area contributed by atoms with Gasteiger partial charge in [0.25, 0.3) is 0 Å². The van der Waals surface area contributed by atoms with Crippen LogP contribution in [0.3, 0.4) is 0 Å². The van der Waals surface area contributed by atoms with Crippen LogP contribution in [0.4, 0.5) is 0 Å². The van der Waals surface area contributed by atoms with Gasteiger partial charge < -0.3 is 0 Å². The lowest BCUT2D eigenvalue weighted by atomic mass is 9.97. The highest BCUT2D eigenvalue weighted by Gasteiger charge is 2.11. The molecule has 0 N–H and O–H groups in total. The van der Waals surface area contributed by atoms with Crippen LogP contribution < -0.4 is 0 Å². The zero-order valence-corrected chi connectivity index (χ0v) is 14.2. The largest absolute Gasteiger partial charge is 0.235 e. The molecule has 0 spiro atoms. The van der Waals surface area contributed by atoms with Crippen molar-refractivity contribution in [3.8, 4) is 0 Å². The predicted molar refractivity (Wildman–Crippen MR) is 96.2 cm³/mol. The molecule has 6 heteroatoms. The molecule has 0 bridgehead atoms. The first-order valence-electron chi connectivity index (χ1n) is 8.43. The molecular weight excluding hydrogens is 312 g/mol. The van der Waals surface area contributed by atoms with Gasteiger partial charge in [0.1, 0.15) is 5.52 Å². The van der Waals surface area contributed by atoms with Crippen molar-refractivity contribution >= 4 is 22.1 Å². The van der Waals surface area contributed by atoms with Crippen LogP contribution in [0, 0.1) is 0 Å². The molecule has 124 valence electrons. The summed E-state index contributed by atoms with van der Waals surface area (Å²) in [6, 6.07) is 12.2. The maximum Gasteiger partial charge on any atom is 0.181 e. The molecule has 25 heavy (non-hydrogen) atoms. The molecule has 0 fully saturated rings. The molecular formula is C19H18N6. The van der Waals surface area contributed by atoms with E-state index in [2.05, 4.69) is 55.5 Å². The summed E-state index contributed by atoms with van der Waals surface area (Å²) in [5, 5.41) is 17.9. The molecule has 4 rings (SSSR count). The van der Waals surface area contributed by atoms with Crippen LogP contribution >= 0.6 is 0 Å². The van der Waals surface area contributed by atoms with E-state index < -0.39 is 0 Å². The van der Waals surface area contributed by atoms with Gasteiger partial charge in [0.15, 0.2) is 11.5 Å². The van der Waals surface area contributed by atoms with E-state index >= 15 is 0 Å². The molecule has 3 aromatic heterocycles. The quantitative estimate of drug-likeness (QED) is 0.571. The second-order valence-corrected chi connectivity index (χ2v) is 6.20. The van der Waals surface area contributed by atoms with Crippen molar-refractivity contribution in [2.24, 2.45) is 0 Å². The molecule has 0 saturated carbocycles. The van der Waals surface area contributed by atoms with Gasteiger partial charge >= 0.3 is 0 Å². The Balaban J connectivity index is 1.62. The highest BCUT2D eigenvalue weighted by Crippen LogP contribution is 2.22. The molecule has 0 aliphatic heterocycles. The van der Waals surface area contributed by atoms with E-state index in [0.717, 1.165) is 40.8 Å². The van der Waals surface area contributed by atoms with E-state index in [1.165, 1.54) is 5.56 Å².